The first-order valence-electron chi connectivity index (χ1n) is 22.8. The van der Waals surface area contributed by atoms with Crippen LogP contribution in [-0.4, -0.2) is 50.7 Å². The fourth-order valence-electron chi connectivity index (χ4n) is 7.03. The zero-order chi connectivity index (χ0) is 49.6. The van der Waals surface area contributed by atoms with Crippen LogP contribution >= 0.6 is 0 Å². The highest BCUT2D eigenvalue weighted by molar-refractivity contribution is 5.91. The van der Waals surface area contributed by atoms with Crippen molar-refractivity contribution in [3.05, 3.63) is 107 Å². The van der Waals surface area contributed by atoms with E-state index in [4.69, 9.17) is 18.9 Å². The monoisotopic (exact) mass is 958 g/mol. The highest BCUT2D eigenvalue weighted by Gasteiger charge is 2.40. The van der Waals surface area contributed by atoms with Gasteiger partial charge in [-0.25, -0.2) is 27.2 Å². The van der Waals surface area contributed by atoms with Crippen molar-refractivity contribution in [1.29, 1.82) is 0 Å². The van der Waals surface area contributed by atoms with Gasteiger partial charge in [0, 0.05) is 11.1 Å². The van der Waals surface area contributed by atoms with Crippen molar-refractivity contribution in [3.8, 4) is 33.8 Å². The summed E-state index contributed by atoms with van der Waals surface area (Å²) in [7, 11) is 0. The fraction of sp³-hybridized carbons (Fsp3) is 0.490. The van der Waals surface area contributed by atoms with Crippen molar-refractivity contribution >= 4 is 11.9 Å². The molecule has 2 unspecified atom stereocenters. The van der Waals surface area contributed by atoms with Crippen LogP contribution in [0.3, 0.4) is 0 Å². The molecule has 0 aromatic heterocycles. The van der Waals surface area contributed by atoms with Gasteiger partial charge in [0.1, 0.15) is 11.5 Å². The number of hydrogen-bond acceptors (Lipinski definition) is 6. The number of rotatable bonds is 25. The molecule has 0 heterocycles. The van der Waals surface area contributed by atoms with Gasteiger partial charge in [-0.05, 0) is 86.6 Å². The summed E-state index contributed by atoms with van der Waals surface area (Å²) in [5.41, 5.74) is -0.664. The van der Waals surface area contributed by atoms with Gasteiger partial charge in [-0.1, -0.05) is 109 Å². The van der Waals surface area contributed by atoms with Crippen LogP contribution in [0.2, 0.25) is 0 Å². The van der Waals surface area contributed by atoms with Gasteiger partial charge in [0.2, 0.25) is 0 Å². The van der Waals surface area contributed by atoms with Crippen LogP contribution in [0, 0.1) is 35.1 Å². The molecular weight excluding hydrogens is 899 g/mol. The molecule has 370 valence electrons. The van der Waals surface area contributed by atoms with Crippen LogP contribution < -0.4 is 9.47 Å². The summed E-state index contributed by atoms with van der Waals surface area (Å²) in [6.07, 6.45) is -3.14. The molecular formula is C51H60F10O6. The average molecular weight is 959 g/mol. The Bertz CT molecular complexity index is 2100. The minimum absolute atomic E-state index is 0.0546. The van der Waals surface area contributed by atoms with Gasteiger partial charge >= 0.3 is 24.3 Å². The summed E-state index contributed by atoms with van der Waals surface area (Å²) in [5.74, 6) is -9.72. The first-order chi connectivity index (χ1) is 31.9. The second-order valence-corrected chi connectivity index (χ2v) is 15.9. The lowest BCUT2D eigenvalue weighted by atomic mass is 9.97. The molecule has 67 heavy (non-hydrogen) atoms. The molecule has 0 fully saturated rings. The molecule has 0 spiro atoms. The summed E-state index contributed by atoms with van der Waals surface area (Å²) in [4.78, 5) is 24.4. The van der Waals surface area contributed by atoms with Crippen LogP contribution in [0.5, 0.6) is 11.5 Å². The largest absolute Gasteiger partial charge is 0.494 e. The van der Waals surface area contributed by atoms with Gasteiger partial charge in [-0.2, -0.15) is 26.3 Å². The third-order valence-corrected chi connectivity index (χ3v) is 10.9. The average Bonchev–Trinajstić information content (AvgIpc) is 3.29. The van der Waals surface area contributed by atoms with E-state index in [0.717, 1.165) is 44.2 Å². The molecule has 0 aliphatic heterocycles. The maximum atomic E-state index is 14.7. The third-order valence-electron chi connectivity index (χ3n) is 10.9. The number of benzene rings is 4. The molecule has 0 saturated heterocycles. The van der Waals surface area contributed by atoms with E-state index in [-0.39, 0.29) is 24.0 Å². The van der Waals surface area contributed by atoms with Crippen molar-refractivity contribution < 1.29 is 72.4 Å². The van der Waals surface area contributed by atoms with E-state index >= 15 is 0 Å². The van der Waals surface area contributed by atoms with Gasteiger partial charge < -0.3 is 18.9 Å². The number of ether oxygens (including phenoxy) is 4. The van der Waals surface area contributed by atoms with Gasteiger partial charge in [0.15, 0.2) is 23.3 Å². The van der Waals surface area contributed by atoms with Gasteiger partial charge in [-0.15, -0.1) is 0 Å². The summed E-state index contributed by atoms with van der Waals surface area (Å²) >= 11 is 0. The molecule has 0 bridgehead atoms. The van der Waals surface area contributed by atoms with Crippen molar-refractivity contribution in [2.45, 2.75) is 124 Å². The molecule has 16 heteroatoms. The van der Waals surface area contributed by atoms with Crippen molar-refractivity contribution in [3.63, 3.8) is 0 Å². The lowest BCUT2D eigenvalue weighted by Crippen LogP contribution is -2.25. The molecule has 0 saturated carbocycles. The highest BCUT2D eigenvalue weighted by atomic mass is 19.4. The van der Waals surface area contributed by atoms with Crippen molar-refractivity contribution in [1.82, 2.24) is 0 Å². The topological polar surface area (TPSA) is 71.1 Å². The first kappa shape index (κ1) is 56.0. The smallest absolute Gasteiger partial charge is 0.391 e. The minimum Gasteiger partial charge on any atom is -0.494 e. The van der Waals surface area contributed by atoms with E-state index in [1.165, 1.54) is 12.1 Å². The van der Waals surface area contributed by atoms with Gasteiger partial charge in [0.05, 0.1) is 49.4 Å². The van der Waals surface area contributed by atoms with Crippen LogP contribution in [-0.2, 0) is 9.47 Å². The maximum Gasteiger partial charge on any atom is 0.391 e. The lowest BCUT2D eigenvalue weighted by Gasteiger charge is -2.20. The molecule has 0 amide bonds. The number of carbonyl (C=O) groups excluding carboxylic acids is 2. The number of unbranched alkanes of at least 4 members (excludes halogenated alkanes) is 6. The quantitative estimate of drug-likeness (QED) is 0.0374. The number of esters is 2. The van der Waals surface area contributed by atoms with Crippen molar-refractivity contribution in [2.75, 3.05) is 26.4 Å². The highest BCUT2D eigenvalue weighted by Crippen LogP contribution is 2.35. The van der Waals surface area contributed by atoms with E-state index in [9.17, 15) is 53.5 Å². The normalized spacial score (nSPS) is 12.4. The Balaban J connectivity index is 0.000000355. The van der Waals surface area contributed by atoms with Crippen LogP contribution in [0.1, 0.15) is 132 Å². The Morgan fingerprint density at radius 1 is 0.448 bits per heavy atom. The summed E-state index contributed by atoms with van der Waals surface area (Å²) in [6, 6.07) is 17.3. The van der Waals surface area contributed by atoms with E-state index in [0.29, 0.717) is 61.5 Å². The van der Waals surface area contributed by atoms with Crippen LogP contribution in [0.25, 0.3) is 22.3 Å². The van der Waals surface area contributed by atoms with E-state index < -0.39 is 96.6 Å². The first-order valence-corrected chi connectivity index (χ1v) is 22.8. The maximum absolute atomic E-state index is 14.7. The molecule has 0 radical (unpaired) electrons. The molecule has 0 aliphatic carbocycles. The Labute approximate surface area is 386 Å². The summed E-state index contributed by atoms with van der Waals surface area (Å²) < 4.78 is 158. The summed E-state index contributed by atoms with van der Waals surface area (Å²) in [5, 5.41) is 0. The molecule has 0 aliphatic rings. The Morgan fingerprint density at radius 3 is 1.18 bits per heavy atom. The zero-order valence-electron chi connectivity index (χ0n) is 38.3. The number of alkyl halides is 6. The van der Waals surface area contributed by atoms with Gasteiger partial charge in [-0.3, -0.25) is 0 Å². The number of carbonyl (C=O) groups is 2. The zero-order valence-corrected chi connectivity index (χ0v) is 38.3. The third kappa shape index (κ3) is 18.0. The Kier molecular flexibility index (Phi) is 23.5. The molecule has 4 rings (SSSR count). The Morgan fingerprint density at radius 2 is 0.836 bits per heavy atom. The van der Waals surface area contributed by atoms with Crippen LogP contribution in [0.15, 0.2) is 72.8 Å². The second-order valence-electron chi connectivity index (χ2n) is 15.9. The molecule has 6 nitrogen and oxygen atoms in total. The standard InChI is InChI=1S/C26H31F5O3.C25H29F5O3/c1-3-5-6-7-8-19(26(29,30)31)15-17-34-25(32)22-14-13-21(23(27)24(22)28)18-9-11-20(12-10-18)33-16-4-2;1-3-5-6-7-8-18(25(28,29)30)15-16-33-24(31)21-14-13-20(22(26)23(21)27)17-9-11-19(12-10-17)32-4-2/h9-14,19H,3-8,15-17H2,1-2H3;9-14,18H,3-8,15-16H2,1-2H3. The van der Waals surface area contributed by atoms with E-state index in [1.54, 1.807) is 48.5 Å². The minimum atomic E-state index is -4.41. The predicted octanol–water partition coefficient (Wildman–Crippen LogP) is 15.8. The molecule has 4 aromatic rings. The van der Waals surface area contributed by atoms with Crippen molar-refractivity contribution in [2.24, 2.45) is 11.8 Å². The second kappa shape index (κ2) is 28.1. The fourth-order valence-corrected chi connectivity index (χ4v) is 7.03. The number of hydrogen-bond donors (Lipinski definition) is 0. The molecule has 0 N–H and O–H groups in total. The SMILES string of the molecule is CCCCCCC(CCOC(=O)c1ccc(-c2ccc(OCC)cc2)c(F)c1F)C(F)(F)F.CCCCCCC(CCOC(=O)c1ccc(-c2ccc(OCCC)cc2)c(F)c1F)C(F)(F)F. The molecule has 2 atom stereocenters. The van der Waals surface area contributed by atoms with E-state index in [1.807, 2.05) is 27.7 Å². The summed E-state index contributed by atoms with van der Waals surface area (Å²) in [6.45, 7) is 7.64. The Hall–Kier alpha value is -5.28. The lowest BCUT2D eigenvalue weighted by molar-refractivity contribution is -0.181. The predicted molar refractivity (Wildman–Crippen MR) is 237 cm³/mol. The van der Waals surface area contributed by atoms with E-state index in [2.05, 4.69) is 0 Å². The van der Waals surface area contributed by atoms with Crippen LogP contribution in [0.4, 0.5) is 43.9 Å². The van der Waals surface area contributed by atoms with Gasteiger partial charge in [0.25, 0.3) is 0 Å². The molecule has 4 aromatic carbocycles. The number of halogens is 10.